The van der Waals surface area contributed by atoms with Gasteiger partial charge in [0.25, 0.3) is 0 Å². The standard InChI is InChI=1S/C31H30N4O4S/c1-5-34-29(22-15-23(38-3)17-24(16-22)39-4)32-33-31(34)40-28(30(36)37)18-26-20(2)35(19-21-11-7-6-8-12-21)27-14-10-9-13-25(26)27/h6-18H,5,19H2,1-4H3,(H,36,37)/b28-18-. The number of thioether (sulfide) groups is 1. The molecule has 40 heavy (non-hydrogen) atoms. The summed E-state index contributed by atoms with van der Waals surface area (Å²) in [4.78, 5) is 12.7. The van der Waals surface area contributed by atoms with E-state index in [1.165, 1.54) is 5.56 Å². The van der Waals surface area contributed by atoms with E-state index in [1.54, 1.807) is 26.4 Å². The van der Waals surface area contributed by atoms with Gasteiger partial charge in [0.05, 0.1) is 14.2 Å². The Morgan fingerprint density at radius 1 is 0.950 bits per heavy atom. The molecule has 0 saturated heterocycles. The Labute approximate surface area is 236 Å². The first kappa shape index (κ1) is 27.1. The van der Waals surface area contributed by atoms with E-state index in [1.807, 2.05) is 66.9 Å². The second-order valence-electron chi connectivity index (χ2n) is 9.16. The molecule has 0 radical (unpaired) electrons. The molecule has 0 bridgehead atoms. The number of aliphatic carboxylic acids is 1. The van der Waals surface area contributed by atoms with Crippen molar-refractivity contribution in [3.05, 3.63) is 94.5 Å². The Kier molecular flexibility index (Phi) is 7.93. The summed E-state index contributed by atoms with van der Waals surface area (Å²) in [5.41, 5.74) is 4.85. The molecule has 2 heterocycles. The minimum absolute atomic E-state index is 0.155. The molecule has 8 nitrogen and oxygen atoms in total. The molecule has 0 amide bonds. The van der Waals surface area contributed by atoms with Crippen LogP contribution in [0.4, 0.5) is 0 Å². The molecule has 0 spiro atoms. The molecule has 9 heteroatoms. The second-order valence-corrected chi connectivity index (χ2v) is 10.2. The van der Waals surface area contributed by atoms with Crippen molar-refractivity contribution in [1.82, 2.24) is 19.3 Å². The highest BCUT2D eigenvalue weighted by Crippen LogP contribution is 2.35. The van der Waals surface area contributed by atoms with E-state index in [4.69, 9.17) is 9.47 Å². The molecular formula is C31H30N4O4S. The summed E-state index contributed by atoms with van der Waals surface area (Å²) in [6.45, 7) is 5.24. The summed E-state index contributed by atoms with van der Waals surface area (Å²) >= 11 is 1.09. The van der Waals surface area contributed by atoms with Crippen LogP contribution in [0.1, 0.15) is 23.7 Å². The van der Waals surface area contributed by atoms with Gasteiger partial charge in [-0.05, 0) is 55.4 Å². The number of carboxylic acid groups (broad SMARTS) is 1. The molecule has 5 rings (SSSR count). The molecule has 3 aromatic carbocycles. The third kappa shape index (κ3) is 5.33. The molecule has 0 aliphatic rings. The first-order valence-electron chi connectivity index (χ1n) is 12.8. The lowest BCUT2D eigenvalue weighted by atomic mass is 10.1. The third-order valence-corrected chi connectivity index (χ3v) is 7.79. The highest BCUT2D eigenvalue weighted by Gasteiger charge is 2.21. The van der Waals surface area contributed by atoms with Crippen molar-refractivity contribution in [2.75, 3.05) is 14.2 Å². The zero-order valence-corrected chi connectivity index (χ0v) is 23.6. The van der Waals surface area contributed by atoms with Crippen molar-refractivity contribution in [3.63, 3.8) is 0 Å². The van der Waals surface area contributed by atoms with Crippen LogP contribution in [0.2, 0.25) is 0 Å². The smallest absolute Gasteiger partial charge is 0.342 e. The lowest BCUT2D eigenvalue weighted by molar-refractivity contribution is -0.131. The van der Waals surface area contributed by atoms with Gasteiger partial charge in [-0.15, -0.1) is 10.2 Å². The van der Waals surface area contributed by atoms with E-state index in [9.17, 15) is 9.90 Å². The topological polar surface area (TPSA) is 91.4 Å². The van der Waals surface area contributed by atoms with E-state index in [2.05, 4.69) is 33.0 Å². The van der Waals surface area contributed by atoms with E-state index in [-0.39, 0.29) is 4.91 Å². The molecule has 0 aliphatic heterocycles. The van der Waals surface area contributed by atoms with Crippen LogP contribution in [0.5, 0.6) is 11.5 Å². The predicted octanol–water partition coefficient (Wildman–Crippen LogP) is 6.51. The van der Waals surface area contributed by atoms with Crippen molar-refractivity contribution in [2.45, 2.75) is 32.1 Å². The van der Waals surface area contributed by atoms with Crippen molar-refractivity contribution in [3.8, 4) is 22.9 Å². The van der Waals surface area contributed by atoms with Crippen molar-refractivity contribution < 1.29 is 19.4 Å². The molecule has 5 aromatic rings. The number of hydrogen-bond acceptors (Lipinski definition) is 6. The van der Waals surface area contributed by atoms with Crippen LogP contribution in [0, 0.1) is 6.92 Å². The summed E-state index contributed by atoms with van der Waals surface area (Å²) in [7, 11) is 3.18. The number of methoxy groups -OCH3 is 2. The van der Waals surface area contributed by atoms with Crippen LogP contribution in [0.15, 0.2) is 82.9 Å². The van der Waals surface area contributed by atoms with Crippen LogP contribution in [0.3, 0.4) is 0 Å². The number of benzene rings is 3. The largest absolute Gasteiger partial charge is 0.497 e. The number of aromatic nitrogens is 4. The molecule has 0 unspecified atom stereocenters. The highest BCUT2D eigenvalue weighted by molar-refractivity contribution is 8.04. The van der Waals surface area contributed by atoms with Crippen molar-refractivity contribution in [1.29, 1.82) is 0 Å². The molecule has 0 saturated carbocycles. The Bertz CT molecular complexity index is 1680. The summed E-state index contributed by atoms with van der Waals surface area (Å²) in [5, 5.41) is 20.5. The number of carbonyl (C=O) groups is 1. The average molecular weight is 555 g/mol. The van der Waals surface area contributed by atoms with E-state index in [0.29, 0.717) is 35.6 Å². The Morgan fingerprint density at radius 2 is 1.62 bits per heavy atom. The predicted molar refractivity (Wildman–Crippen MR) is 158 cm³/mol. The Hall–Kier alpha value is -4.50. The van der Waals surface area contributed by atoms with Crippen molar-refractivity contribution >= 4 is 34.7 Å². The zero-order valence-electron chi connectivity index (χ0n) is 22.8. The zero-order chi connectivity index (χ0) is 28.2. The van der Waals surface area contributed by atoms with Gasteiger partial charge >= 0.3 is 5.97 Å². The first-order valence-corrected chi connectivity index (χ1v) is 13.7. The normalized spacial score (nSPS) is 11.7. The molecule has 0 fully saturated rings. The molecule has 2 aromatic heterocycles. The van der Waals surface area contributed by atoms with Crippen LogP contribution in [-0.4, -0.2) is 44.6 Å². The SMILES string of the molecule is CCn1c(S/C(=C\c2c(C)n(Cc3ccccc3)c3ccccc23)C(=O)O)nnc1-c1cc(OC)cc(OC)c1. The minimum atomic E-state index is -1.03. The van der Waals surface area contributed by atoms with Gasteiger partial charge in [-0.2, -0.15) is 0 Å². The minimum Gasteiger partial charge on any atom is -0.497 e. The number of hydrogen-bond donors (Lipinski definition) is 1. The van der Waals surface area contributed by atoms with Crippen LogP contribution >= 0.6 is 11.8 Å². The summed E-state index contributed by atoms with van der Waals surface area (Å²) in [5.74, 6) is 0.826. The summed E-state index contributed by atoms with van der Waals surface area (Å²) in [6.07, 6.45) is 1.75. The lowest BCUT2D eigenvalue weighted by Gasteiger charge is -2.11. The monoisotopic (exact) mass is 554 g/mol. The number of nitrogens with zero attached hydrogens (tertiary/aromatic N) is 4. The highest BCUT2D eigenvalue weighted by atomic mass is 32.2. The maximum Gasteiger partial charge on any atom is 0.342 e. The number of fused-ring (bicyclic) bond motifs is 1. The van der Waals surface area contributed by atoms with Gasteiger partial charge in [0.1, 0.15) is 16.4 Å². The number of carboxylic acids is 1. The summed E-state index contributed by atoms with van der Waals surface area (Å²) in [6, 6.07) is 23.8. The number of rotatable bonds is 10. The molecule has 0 atom stereocenters. The van der Waals surface area contributed by atoms with Crippen molar-refractivity contribution in [2.24, 2.45) is 0 Å². The maximum atomic E-state index is 12.5. The van der Waals surface area contributed by atoms with Gasteiger partial charge in [0.15, 0.2) is 11.0 Å². The quantitative estimate of drug-likeness (QED) is 0.155. The molecule has 1 N–H and O–H groups in total. The Morgan fingerprint density at radius 3 is 2.27 bits per heavy atom. The Balaban J connectivity index is 1.56. The van der Waals surface area contributed by atoms with E-state index >= 15 is 0 Å². The van der Waals surface area contributed by atoms with Gasteiger partial charge in [-0.25, -0.2) is 4.79 Å². The van der Waals surface area contributed by atoms with Gasteiger partial charge in [0.2, 0.25) is 0 Å². The fourth-order valence-corrected chi connectivity index (χ4v) is 5.64. The molecular weight excluding hydrogens is 524 g/mol. The van der Waals surface area contributed by atoms with Gasteiger partial charge in [0, 0.05) is 46.9 Å². The van der Waals surface area contributed by atoms with Crippen LogP contribution < -0.4 is 9.47 Å². The third-order valence-electron chi connectivity index (χ3n) is 6.79. The molecule has 204 valence electrons. The van der Waals surface area contributed by atoms with E-state index < -0.39 is 5.97 Å². The first-order chi connectivity index (χ1) is 19.4. The fraction of sp³-hybridized carbons (Fsp3) is 0.194. The maximum absolute atomic E-state index is 12.5. The second kappa shape index (κ2) is 11.7. The van der Waals surface area contributed by atoms with Gasteiger partial charge in [-0.1, -0.05) is 48.5 Å². The van der Waals surface area contributed by atoms with Crippen LogP contribution in [-0.2, 0) is 17.9 Å². The number of ether oxygens (including phenoxy) is 2. The van der Waals surface area contributed by atoms with E-state index in [0.717, 1.165) is 39.5 Å². The number of para-hydroxylation sites is 1. The fourth-order valence-electron chi connectivity index (χ4n) is 4.77. The average Bonchev–Trinajstić information content (AvgIpc) is 3.51. The van der Waals surface area contributed by atoms with Gasteiger partial charge in [-0.3, -0.25) is 0 Å². The van der Waals surface area contributed by atoms with Crippen LogP contribution in [0.25, 0.3) is 28.4 Å². The summed E-state index contributed by atoms with van der Waals surface area (Å²) < 4.78 is 14.9. The molecule has 0 aliphatic carbocycles. The lowest BCUT2D eigenvalue weighted by Crippen LogP contribution is -2.03. The van der Waals surface area contributed by atoms with Gasteiger partial charge < -0.3 is 23.7 Å².